The highest BCUT2D eigenvalue weighted by Crippen LogP contribution is 2.28. The smallest absolute Gasteiger partial charge is 0.343 e. The summed E-state index contributed by atoms with van der Waals surface area (Å²) in [5.74, 6) is -1.37. The maximum atomic E-state index is 13.9. The highest BCUT2D eigenvalue weighted by Gasteiger charge is 2.46. The van der Waals surface area contributed by atoms with E-state index in [1.165, 1.54) is 11.3 Å². The molecule has 1 amide bonds. The third-order valence-corrected chi connectivity index (χ3v) is 4.41. The van der Waals surface area contributed by atoms with Crippen LogP contribution in [-0.4, -0.2) is 53.4 Å². The normalized spacial score (nSPS) is 34.2. The van der Waals surface area contributed by atoms with E-state index in [2.05, 4.69) is 6.92 Å². The fraction of sp³-hybridized carbons (Fsp3) is 0.857. The predicted octanol–water partition coefficient (Wildman–Crippen LogP) is 1.61. The van der Waals surface area contributed by atoms with Crippen LogP contribution >= 0.6 is 0 Å². The molecule has 3 unspecified atom stereocenters. The molecule has 1 heterocycles. The van der Waals surface area contributed by atoms with Gasteiger partial charge in [0, 0.05) is 13.0 Å². The van der Waals surface area contributed by atoms with Crippen molar-refractivity contribution in [2.75, 3.05) is 19.7 Å². The van der Waals surface area contributed by atoms with Gasteiger partial charge < -0.3 is 14.7 Å². The van der Waals surface area contributed by atoms with Crippen LogP contribution in [0.3, 0.4) is 0 Å². The molecular weight excluding hydrogens is 265 g/mol. The molecule has 0 aromatic heterocycles. The van der Waals surface area contributed by atoms with Gasteiger partial charge in [-0.2, -0.15) is 0 Å². The number of carbonyl (C=O) groups is 2. The molecule has 2 rings (SSSR count). The van der Waals surface area contributed by atoms with Crippen molar-refractivity contribution in [2.24, 2.45) is 5.92 Å². The molecule has 6 heteroatoms. The van der Waals surface area contributed by atoms with Crippen LogP contribution in [0, 0.1) is 5.92 Å². The van der Waals surface area contributed by atoms with Gasteiger partial charge in [0.1, 0.15) is 6.61 Å². The molecule has 5 nitrogen and oxygen atoms in total. The van der Waals surface area contributed by atoms with Crippen LogP contribution in [0.5, 0.6) is 0 Å². The molecule has 1 saturated carbocycles. The lowest BCUT2D eigenvalue weighted by molar-refractivity contribution is -0.150. The molecule has 0 bridgehead atoms. The van der Waals surface area contributed by atoms with Crippen LogP contribution in [0.15, 0.2) is 0 Å². The molecule has 0 radical (unpaired) electrons. The minimum absolute atomic E-state index is 0.0787. The third kappa shape index (κ3) is 3.29. The zero-order valence-electron chi connectivity index (χ0n) is 11.8. The molecule has 1 aliphatic heterocycles. The monoisotopic (exact) mass is 287 g/mol. The van der Waals surface area contributed by atoms with Gasteiger partial charge in [0.15, 0.2) is 0 Å². The second kappa shape index (κ2) is 6.08. The Labute approximate surface area is 118 Å². The number of alkyl halides is 1. The quantitative estimate of drug-likeness (QED) is 0.853. The largest absolute Gasteiger partial charge is 0.479 e. The summed E-state index contributed by atoms with van der Waals surface area (Å²) in [7, 11) is 0. The Morgan fingerprint density at radius 3 is 2.70 bits per heavy atom. The Morgan fingerprint density at radius 1 is 1.40 bits per heavy atom. The fourth-order valence-corrected chi connectivity index (χ4v) is 2.96. The number of likely N-dealkylation sites (tertiary alicyclic amines) is 1. The lowest BCUT2D eigenvalue weighted by Gasteiger charge is -2.29. The highest BCUT2D eigenvalue weighted by molar-refractivity contribution is 5.82. The van der Waals surface area contributed by atoms with E-state index in [4.69, 9.17) is 9.84 Å². The lowest BCUT2D eigenvalue weighted by Crippen LogP contribution is -2.40. The van der Waals surface area contributed by atoms with Crippen molar-refractivity contribution in [2.45, 2.75) is 50.8 Å². The molecule has 2 fully saturated rings. The van der Waals surface area contributed by atoms with Crippen molar-refractivity contribution >= 4 is 11.9 Å². The van der Waals surface area contributed by atoms with Crippen molar-refractivity contribution in [3.63, 3.8) is 0 Å². The molecule has 3 atom stereocenters. The Morgan fingerprint density at radius 2 is 2.10 bits per heavy atom. The number of ether oxygens (including phenoxy) is 1. The van der Waals surface area contributed by atoms with Crippen LogP contribution in [0.25, 0.3) is 0 Å². The maximum Gasteiger partial charge on any atom is 0.343 e. The number of carbonyl (C=O) groups excluding carboxylic acids is 1. The number of hydrogen-bond acceptors (Lipinski definition) is 3. The number of halogens is 1. The van der Waals surface area contributed by atoms with Gasteiger partial charge in [-0.1, -0.05) is 19.8 Å². The summed E-state index contributed by atoms with van der Waals surface area (Å²) in [5.41, 5.74) is -2.30. The molecular formula is C14H22FNO4. The van der Waals surface area contributed by atoms with E-state index in [0.29, 0.717) is 5.92 Å². The molecule has 20 heavy (non-hydrogen) atoms. The molecule has 1 saturated heterocycles. The summed E-state index contributed by atoms with van der Waals surface area (Å²) >= 11 is 0. The maximum absolute atomic E-state index is 13.9. The number of rotatable bonds is 4. The minimum Gasteiger partial charge on any atom is -0.479 e. The number of carboxylic acid groups (broad SMARTS) is 1. The van der Waals surface area contributed by atoms with Crippen molar-refractivity contribution in [3.8, 4) is 0 Å². The third-order valence-electron chi connectivity index (χ3n) is 4.41. The second-order valence-corrected chi connectivity index (χ2v) is 5.95. The SMILES string of the molecule is CC1CCCCC1OCC(=O)N1CCC(F)(C(=O)O)C1. The van der Waals surface area contributed by atoms with Crippen molar-refractivity contribution in [1.82, 2.24) is 4.90 Å². The highest BCUT2D eigenvalue weighted by atomic mass is 19.1. The van der Waals surface area contributed by atoms with E-state index >= 15 is 0 Å². The topological polar surface area (TPSA) is 66.8 Å². The van der Waals surface area contributed by atoms with Gasteiger partial charge in [0.25, 0.3) is 0 Å². The molecule has 2 aliphatic rings. The van der Waals surface area contributed by atoms with Crippen LogP contribution in [0.4, 0.5) is 4.39 Å². The zero-order valence-corrected chi connectivity index (χ0v) is 11.8. The summed E-state index contributed by atoms with van der Waals surface area (Å²) in [6, 6.07) is 0. The first-order chi connectivity index (χ1) is 9.42. The summed E-state index contributed by atoms with van der Waals surface area (Å²) in [5, 5.41) is 8.80. The van der Waals surface area contributed by atoms with E-state index in [9.17, 15) is 14.0 Å². The van der Waals surface area contributed by atoms with Crippen LogP contribution in [0.2, 0.25) is 0 Å². The molecule has 0 aromatic carbocycles. The van der Waals surface area contributed by atoms with Crippen LogP contribution < -0.4 is 0 Å². The summed E-state index contributed by atoms with van der Waals surface area (Å²) in [6.07, 6.45) is 4.31. The first kappa shape index (κ1) is 15.2. The zero-order chi connectivity index (χ0) is 14.8. The second-order valence-electron chi connectivity index (χ2n) is 5.95. The first-order valence-corrected chi connectivity index (χ1v) is 7.24. The standard InChI is InChI=1S/C14H22FNO4/c1-10-4-2-3-5-11(10)20-8-12(17)16-7-6-14(15,9-16)13(18)19/h10-11H,2-9H2,1H3,(H,18,19). The van der Waals surface area contributed by atoms with Gasteiger partial charge in [-0.05, 0) is 18.8 Å². The van der Waals surface area contributed by atoms with Gasteiger partial charge in [0.2, 0.25) is 11.6 Å². The Bertz CT molecular complexity index is 389. The van der Waals surface area contributed by atoms with E-state index in [1.807, 2.05) is 0 Å². The van der Waals surface area contributed by atoms with Gasteiger partial charge >= 0.3 is 5.97 Å². The summed E-state index contributed by atoms with van der Waals surface area (Å²) in [6.45, 7) is 1.81. The van der Waals surface area contributed by atoms with Crippen LogP contribution in [0.1, 0.15) is 39.0 Å². The van der Waals surface area contributed by atoms with Crippen LogP contribution in [-0.2, 0) is 14.3 Å². The van der Waals surface area contributed by atoms with Gasteiger partial charge in [0.05, 0.1) is 12.6 Å². The Kier molecular flexibility index (Phi) is 4.62. The fourth-order valence-electron chi connectivity index (χ4n) is 2.96. The van der Waals surface area contributed by atoms with Crippen molar-refractivity contribution in [1.29, 1.82) is 0 Å². The molecule has 0 spiro atoms. The van der Waals surface area contributed by atoms with E-state index in [0.717, 1.165) is 19.3 Å². The lowest BCUT2D eigenvalue weighted by atomic mass is 9.88. The predicted molar refractivity (Wildman–Crippen MR) is 70.0 cm³/mol. The van der Waals surface area contributed by atoms with E-state index in [-0.39, 0.29) is 38.1 Å². The van der Waals surface area contributed by atoms with Crippen molar-refractivity contribution in [3.05, 3.63) is 0 Å². The average Bonchev–Trinajstić information content (AvgIpc) is 2.82. The number of amides is 1. The number of carboxylic acids is 1. The molecule has 114 valence electrons. The minimum atomic E-state index is -2.30. The average molecular weight is 287 g/mol. The van der Waals surface area contributed by atoms with Gasteiger partial charge in [-0.15, -0.1) is 0 Å². The van der Waals surface area contributed by atoms with E-state index < -0.39 is 11.6 Å². The molecule has 1 aliphatic carbocycles. The number of aliphatic carboxylic acids is 1. The summed E-state index contributed by atoms with van der Waals surface area (Å²) < 4.78 is 19.5. The number of nitrogens with zero attached hydrogens (tertiary/aromatic N) is 1. The Hall–Kier alpha value is -1.17. The number of hydrogen-bond donors (Lipinski definition) is 1. The molecule has 0 aromatic rings. The summed E-state index contributed by atoms with van der Waals surface area (Å²) in [4.78, 5) is 24.0. The van der Waals surface area contributed by atoms with Gasteiger partial charge in [-0.3, -0.25) is 4.79 Å². The Balaban J connectivity index is 1.80. The first-order valence-electron chi connectivity index (χ1n) is 7.24. The van der Waals surface area contributed by atoms with Gasteiger partial charge in [-0.25, -0.2) is 9.18 Å². The molecule has 1 N–H and O–H groups in total. The van der Waals surface area contributed by atoms with Crippen molar-refractivity contribution < 1.29 is 23.8 Å². The van der Waals surface area contributed by atoms with E-state index in [1.54, 1.807) is 0 Å².